The number of carbonyl (C=O) groups excluding carboxylic acids is 3. The van der Waals surface area contributed by atoms with Gasteiger partial charge in [-0.05, 0) is 58.2 Å². The second-order valence-electron chi connectivity index (χ2n) is 7.92. The Balaban J connectivity index is 0.00000151. The maximum atomic E-state index is 13.0. The molecule has 31 heavy (non-hydrogen) atoms. The number of nitrogens with one attached hydrogen (secondary N) is 1. The van der Waals surface area contributed by atoms with Crippen LogP contribution in [0, 0.1) is 0 Å². The number of allylic oxidation sites excluding steroid dienone is 1. The Hall–Kier alpha value is -2.47. The van der Waals surface area contributed by atoms with Gasteiger partial charge in [0, 0.05) is 31.1 Å². The van der Waals surface area contributed by atoms with E-state index in [4.69, 9.17) is 5.73 Å². The number of carbonyl (C=O) groups is 3. The first-order valence-electron chi connectivity index (χ1n) is 11.5. The number of rotatable bonds is 13. The summed E-state index contributed by atoms with van der Waals surface area (Å²) in [6.07, 6.45) is 8.23. The van der Waals surface area contributed by atoms with Crippen LogP contribution >= 0.6 is 0 Å². The SMILES string of the molecule is C=CC.CCCC(=O)CCC(C)N1C(=O)c2cccc(NCCCCCCN)c2C1=O. The first kappa shape index (κ1) is 26.6. The van der Waals surface area contributed by atoms with E-state index in [0.29, 0.717) is 42.6 Å². The van der Waals surface area contributed by atoms with Crippen LogP contribution < -0.4 is 11.1 Å². The third-order valence-corrected chi connectivity index (χ3v) is 5.20. The fraction of sp³-hybridized carbons (Fsp3) is 0.560. The second kappa shape index (κ2) is 14.5. The second-order valence-corrected chi connectivity index (χ2v) is 7.92. The van der Waals surface area contributed by atoms with E-state index in [2.05, 4.69) is 11.9 Å². The fourth-order valence-electron chi connectivity index (χ4n) is 3.60. The molecule has 0 radical (unpaired) electrons. The molecule has 1 heterocycles. The van der Waals surface area contributed by atoms with Crippen molar-refractivity contribution < 1.29 is 14.4 Å². The molecular formula is C25H39N3O3. The standard InChI is InChI=1S/C22H33N3O3.C3H6/c1-3-9-17(26)13-12-16(2)25-21(27)18-10-8-11-19(20(18)22(25)28)24-15-7-5-4-6-14-23;1-3-2/h8,10-11,16,24H,3-7,9,12-15,23H2,1-2H3;3H,1H2,2H3. The minimum Gasteiger partial charge on any atom is -0.384 e. The maximum Gasteiger partial charge on any atom is 0.263 e. The van der Waals surface area contributed by atoms with Crippen LogP contribution in [-0.4, -0.2) is 41.6 Å². The van der Waals surface area contributed by atoms with Crippen molar-refractivity contribution in [2.75, 3.05) is 18.4 Å². The lowest BCUT2D eigenvalue weighted by molar-refractivity contribution is -0.119. The van der Waals surface area contributed by atoms with E-state index in [0.717, 1.165) is 38.6 Å². The molecule has 0 saturated heterocycles. The largest absolute Gasteiger partial charge is 0.384 e. The van der Waals surface area contributed by atoms with Crippen molar-refractivity contribution in [3.05, 3.63) is 42.0 Å². The third kappa shape index (κ3) is 7.94. The highest BCUT2D eigenvalue weighted by Crippen LogP contribution is 2.31. The van der Waals surface area contributed by atoms with Crippen LogP contribution in [0.2, 0.25) is 0 Å². The van der Waals surface area contributed by atoms with E-state index >= 15 is 0 Å². The molecular weight excluding hydrogens is 390 g/mol. The van der Waals surface area contributed by atoms with Crippen molar-refractivity contribution in [2.24, 2.45) is 5.73 Å². The summed E-state index contributed by atoms with van der Waals surface area (Å²) in [5.74, 6) is -0.341. The van der Waals surface area contributed by atoms with Crippen molar-refractivity contribution in [3.63, 3.8) is 0 Å². The Labute approximate surface area is 187 Å². The van der Waals surface area contributed by atoms with Crippen LogP contribution in [0.5, 0.6) is 0 Å². The summed E-state index contributed by atoms with van der Waals surface area (Å²) in [4.78, 5) is 38.9. The molecule has 0 fully saturated rings. The Morgan fingerprint density at radius 3 is 2.48 bits per heavy atom. The van der Waals surface area contributed by atoms with Crippen molar-refractivity contribution in [2.45, 2.75) is 78.2 Å². The monoisotopic (exact) mass is 429 g/mol. The quantitative estimate of drug-likeness (QED) is 0.263. The number of nitrogens with zero attached hydrogens (tertiary/aromatic N) is 1. The fourth-order valence-corrected chi connectivity index (χ4v) is 3.60. The molecule has 172 valence electrons. The highest BCUT2D eigenvalue weighted by molar-refractivity contribution is 6.23. The number of Topliss-reactive ketones (excluding diaryl/α,β-unsaturated/α-hetero) is 1. The number of unbranched alkanes of at least 4 members (excludes halogenated alkanes) is 3. The van der Waals surface area contributed by atoms with E-state index in [1.807, 2.05) is 26.8 Å². The molecule has 2 rings (SSSR count). The summed E-state index contributed by atoms with van der Waals surface area (Å²) in [5.41, 5.74) is 7.13. The van der Waals surface area contributed by atoms with Gasteiger partial charge in [0.05, 0.1) is 11.1 Å². The number of benzene rings is 1. The van der Waals surface area contributed by atoms with E-state index < -0.39 is 0 Å². The number of hydrogen-bond donors (Lipinski definition) is 2. The summed E-state index contributed by atoms with van der Waals surface area (Å²) in [6.45, 7) is 10.5. The molecule has 1 unspecified atom stereocenters. The number of hydrogen-bond acceptors (Lipinski definition) is 5. The minimum atomic E-state index is -0.294. The predicted octanol–water partition coefficient (Wildman–Crippen LogP) is 4.94. The van der Waals surface area contributed by atoms with Gasteiger partial charge >= 0.3 is 0 Å². The van der Waals surface area contributed by atoms with Gasteiger partial charge in [0.2, 0.25) is 0 Å². The molecule has 1 aromatic rings. The molecule has 2 amide bonds. The lowest BCUT2D eigenvalue weighted by Gasteiger charge is -2.22. The molecule has 0 bridgehead atoms. The summed E-state index contributed by atoms with van der Waals surface area (Å²) < 4.78 is 0. The van der Waals surface area contributed by atoms with Gasteiger partial charge in [0.25, 0.3) is 11.8 Å². The highest BCUT2D eigenvalue weighted by atomic mass is 16.2. The molecule has 0 spiro atoms. The summed E-state index contributed by atoms with van der Waals surface area (Å²) >= 11 is 0. The molecule has 0 saturated carbocycles. The van der Waals surface area contributed by atoms with Crippen LogP contribution in [0.3, 0.4) is 0 Å². The molecule has 1 aromatic carbocycles. The maximum absolute atomic E-state index is 13.0. The number of nitrogens with two attached hydrogens (primary N) is 1. The van der Waals surface area contributed by atoms with E-state index in [9.17, 15) is 14.4 Å². The summed E-state index contributed by atoms with van der Waals surface area (Å²) in [5, 5.41) is 3.31. The first-order valence-corrected chi connectivity index (χ1v) is 11.5. The topological polar surface area (TPSA) is 92.5 Å². The minimum absolute atomic E-state index is 0.183. The Morgan fingerprint density at radius 1 is 1.16 bits per heavy atom. The molecule has 0 aromatic heterocycles. The molecule has 6 heteroatoms. The molecule has 6 nitrogen and oxygen atoms in total. The van der Waals surface area contributed by atoms with Gasteiger partial charge in [-0.15, -0.1) is 6.58 Å². The average Bonchev–Trinajstić information content (AvgIpc) is 3.00. The van der Waals surface area contributed by atoms with Crippen molar-refractivity contribution in [1.82, 2.24) is 4.90 Å². The van der Waals surface area contributed by atoms with Crippen molar-refractivity contribution in [1.29, 1.82) is 0 Å². The molecule has 1 atom stereocenters. The number of amides is 2. The first-order chi connectivity index (χ1) is 14.9. The third-order valence-electron chi connectivity index (χ3n) is 5.20. The van der Waals surface area contributed by atoms with Gasteiger partial charge in [0.15, 0.2) is 0 Å². The smallest absolute Gasteiger partial charge is 0.263 e. The number of ketones is 1. The number of anilines is 1. The normalized spacial score (nSPS) is 13.4. The molecule has 1 aliphatic rings. The zero-order valence-corrected chi connectivity index (χ0v) is 19.4. The van der Waals surface area contributed by atoms with Gasteiger partial charge < -0.3 is 11.1 Å². The van der Waals surface area contributed by atoms with Crippen molar-refractivity contribution >= 4 is 23.3 Å². The van der Waals surface area contributed by atoms with E-state index in [1.165, 1.54) is 4.90 Å². The van der Waals surface area contributed by atoms with Gasteiger partial charge in [-0.25, -0.2) is 0 Å². The van der Waals surface area contributed by atoms with Gasteiger partial charge in [-0.2, -0.15) is 0 Å². The Morgan fingerprint density at radius 2 is 1.84 bits per heavy atom. The van der Waals surface area contributed by atoms with Gasteiger partial charge in [-0.3, -0.25) is 19.3 Å². The van der Waals surface area contributed by atoms with Crippen LogP contribution in [0.1, 0.15) is 92.9 Å². The Bertz CT molecular complexity index is 746. The predicted molar refractivity (Wildman–Crippen MR) is 127 cm³/mol. The van der Waals surface area contributed by atoms with Crippen LogP contribution in [0.4, 0.5) is 5.69 Å². The van der Waals surface area contributed by atoms with Gasteiger partial charge in [-0.1, -0.05) is 31.9 Å². The molecule has 1 aliphatic heterocycles. The summed E-state index contributed by atoms with van der Waals surface area (Å²) in [7, 11) is 0. The zero-order chi connectivity index (χ0) is 23.2. The lowest BCUT2D eigenvalue weighted by Crippen LogP contribution is -2.38. The number of fused-ring (bicyclic) bond motifs is 1. The highest BCUT2D eigenvalue weighted by Gasteiger charge is 2.39. The van der Waals surface area contributed by atoms with Crippen LogP contribution in [0.25, 0.3) is 0 Å². The van der Waals surface area contributed by atoms with Crippen LogP contribution in [-0.2, 0) is 4.79 Å². The Kier molecular flexibility index (Phi) is 12.4. The van der Waals surface area contributed by atoms with Crippen LogP contribution in [0.15, 0.2) is 30.9 Å². The zero-order valence-electron chi connectivity index (χ0n) is 19.4. The molecule has 0 aliphatic carbocycles. The summed E-state index contributed by atoms with van der Waals surface area (Å²) in [6, 6.07) is 5.07. The van der Waals surface area contributed by atoms with E-state index in [1.54, 1.807) is 18.2 Å². The lowest BCUT2D eigenvalue weighted by atomic mass is 10.1. The molecule has 3 N–H and O–H groups in total. The average molecular weight is 430 g/mol. The van der Waals surface area contributed by atoms with Crippen molar-refractivity contribution in [3.8, 4) is 0 Å². The van der Waals surface area contributed by atoms with Gasteiger partial charge in [0.1, 0.15) is 5.78 Å². The van der Waals surface area contributed by atoms with E-state index in [-0.39, 0.29) is 23.6 Å². The number of imide groups is 1.